The Morgan fingerprint density at radius 2 is 2.17 bits per heavy atom. The summed E-state index contributed by atoms with van der Waals surface area (Å²) in [5, 5.41) is 7.07. The van der Waals surface area contributed by atoms with E-state index in [9.17, 15) is 4.79 Å². The number of anilines is 1. The van der Waals surface area contributed by atoms with E-state index in [0.717, 1.165) is 0 Å². The van der Waals surface area contributed by atoms with Gasteiger partial charge in [-0.1, -0.05) is 5.11 Å². The summed E-state index contributed by atoms with van der Waals surface area (Å²) in [6.07, 6.45) is 0.799. The summed E-state index contributed by atoms with van der Waals surface area (Å²) in [7, 11) is 1.23. The van der Waals surface area contributed by atoms with E-state index in [1.807, 2.05) is 20.8 Å². The van der Waals surface area contributed by atoms with E-state index in [1.54, 1.807) is 18.3 Å². The molecule has 0 aliphatic heterocycles. The number of aromatic nitrogens is 1. The molecule has 0 radical (unpaired) electrons. The van der Waals surface area contributed by atoms with Crippen molar-refractivity contribution in [2.75, 3.05) is 12.6 Å². The van der Waals surface area contributed by atoms with Crippen molar-refractivity contribution in [3.05, 3.63) is 18.3 Å². The third-order valence-electron chi connectivity index (χ3n) is 1.65. The number of azo groups is 1. The van der Waals surface area contributed by atoms with Gasteiger partial charge in [-0.2, -0.15) is 0 Å². The third-order valence-corrected chi connectivity index (χ3v) is 1.65. The molecule has 0 unspecified atom stereocenters. The minimum atomic E-state index is -0.776. The minimum Gasteiger partial charge on any atom is -0.450 e. The maximum Gasteiger partial charge on any atom is 0.452 e. The first-order valence-electron chi connectivity index (χ1n) is 5.31. The zero-order valence-corrected chi connectivity index (χ0v) is 10.8. The lowest BCUT2D eigenvalue weighted by molar-refractivity contribution is 0.0368. The van der Waals surface area contributed by atoms with E-state index in [1.165, 1.54) is 7.11 Å². The van der Waals surface area contributed by atoms with Crippen molar-refractivity contribution in [2.24, 2.45) is 10.2 Å². The van der Waals surface area contributed by atoms with Gasteiger partial charge in [0.2, 0.25) is 0 Å². The van der Waals surface area contributed by atoms with Gasteiger partial charge in [0.05, 0.1) is 12.7 Å². The van der Waals surface area contributed by atoms with Crippen LogP contribution in [0.4, 0.5) is 16.3 Å². The molecule has 1 N–H and O–H groups in total. The second kappa shape index (κ2) is 6.06. The van der Waals surface area contributed by atoms with Crippen LogP contribution in [0.3, 0.4) is 0 Å². The van der Waals surface area contributed by atoms with Crippen LogP contribution in [0.1, 0.15) is 20.8 Å². The smallest absolute Gasteiger partial charge is 0.450 e. The molecular formula is C11H16N4O3. The molecule has 1 rings (SSSR count). The number of hydrogen-bond acceptors (Lipinski definition) is 6. The molecule has 1 heterocycles. The van der Waals surface area contributed by atoms with Crippen LogP contribution in [0.2, 0.25) is 0 Å². The first-order valence-corrected chi connectivity index (χ1v) is 5.31. The highest BCUT2D eigenvalue weighted by Crippen LogP contribution is 2.23. The van der Waals surface area contributed by atoms with Gasteiger partial charge in [0.25, 0.3) is 0 Å². The fourth-order valence-corrected chi connectivity index (χ4v) is 0.893. The second-order valence-electron chi connectivity index (χ2n) is 4.36. The Morgan fingerprint density at radius 3 is 2.78 bits per heavy atom. The molecule has 1 aromatic heterocycles. The first-order chi connectivity index (χ1) is 8.42. The van der Waals surface area contributed by atoms with Crippen LogP contribution >= 0.6 is 0 Å². The Morgan fingerprint density at radius 1 is 1.44 bits per heavy atom. The number of pyridine rings is 1. The molecule has 7 nitrogen and oxygen atoms in total. The molecule has 0 spiro atoms. The lowest BCUT2D eigenvalue weighted by Gasteiger charge is -2.19. The molecule has 0 bridgehead atoms. The predicted octanol–water partition coefficient (Wildman–Crippen LogP) is 3.07. The molecule has 0 fully saturated rings. The normalized spacial score (nSPS) is 11.6. The summed E-state index contributed by atoms with van der Waals surface area (Å²) >= 11 is 0. The number of nitrogens with one attached hydrogen (secondary N) is 1. The van der Waals surface area contributed by atoms with Crippen LogP contribution in [-0.2, 0) is 9.57 Å². The number of methoxy groups -OCH3 is 1. The summed E-state index contributed by atoms with van der Waals surface area (Å²) in [5.41, 5.74) is 2.68. The number of hydrogen-bond donors (Lipinski definition) is 1. The minimum absolute atomic E-state index is 0.375. The molecule has 1 aromatic rings. The fraction of sp³-hybridized carbons (Fsp3) is 0.455. The quantitative estimate of drug-likeness (QED) is 0.660. The first kappa shape index (κ1) is 14.0. The molecule has 0 aromatic carbocycles. The molecule has 98 valence electrons. The number of ether oxygens (including phenoxy) is 1. The molecule has 18 heavy (non-hydrogen) atoms. The fourth-order valence-electron chi connectivity index (χ4n) is 0.893. The Balaban J connectivity index is 2.80. The second-order valence-corrected chi connectivity index (χ2v) is 4.36. The Labute approximate surface area is 105 Å². The number of nitrogens with zero attached hydrogens (tertiary/aromatic N) is 3. The Bertz CT molecular complexity index is 440. The maximum atomic E-state index is 10.9. The lowest BCUT2D eigenvalue weighted by atomic mass is 10.2. The summed E-state index contributed by atoms with van der Waals surface area (Å²) in [6.45, 7) is 5.66. The van der Waals surface area contributed by atoms with Crippen LogP contribution in [-0.4, -0.2) is 23.8 Å². The van der Waals surface area contributed by atoms with Crippen LogP contribution in [0.15, 0.2) is 28.6 Å². The van der Waals surface area contributed by atoms with E-state index in [4.69, 9.17) is 4.84 Å². The largest absolute Gasteiger partial charge is 0.452 e. The van der Waals surface area contributed by atoms with E-state index in [0.29, 0.717) is 11.5 Å². The Hall–Kier alpha value is -2.02. The molecule has 1 amide bonds. The van der Waals surface area contributed by atoms with Crippen molar-refractivity contribution in [2.45, 2.75) is 26.4 Å². The molecule has 0 atom stereocenters. The van der Waals surface area contributed by atoms with Crippen molar-refractivity contribution in [3.8, 4) is 0 Å². The average Bonchev–Trinajstić information content (AvgIpc) is 2.33. The Kier molecular flexibility index (Phi) is 4.73. The van der Waals surface area contributed by atoms with E-state index in [-0.39, 0.29) is 5.60 Å². The van der Waals surface area contributed by atoms with Gasteiger partial charge in [-0.25, -0.2) is 15.3 Å². The molecule has 0 saturated carbocycles. The highest BCUT2D eigenvalue weighted by atomic mass is 16.7. The van der Waals surface area contributed by atoms with Crippen molar-refractivity contribution in [3.63, 3.8) is 0 Å². The molecular weight excluding hydrogens is 236 g/mol. The van der Waals surface area contributed by atoms with Crippen LogP contribution in [0.5, 0.6) is 0 Å². The number of amides is 1. The van der Waals surface area contributed by atoms with Crippen molar-refractivity contribution >= 4 is 17.6 Å². The van der Waals surface area contributed by atoms with Crippen LogP contribution in [0.25, 0.3) is 0 Å². The highest BCUT2D eigenvalue weighted by Gasteiger charge is 2.12. The van der Waals surface area contributed by atoms with Gasteiger partial charge in [0.1, 0.15) is 5.69 Å². The number of rotatable bonds is 3. The number of carbonyl (C=O) groups is 1. The monoisotopic (exact) mass is 252 g/mol. The summed E-state index contributed by atoms with van der Waals surface area (Å²) in [6, 6.07) is 3.32. The summed E-state index contributed by atoms with van der Waals surface area (Å²) in [4.78, 5) is 20.3. The number of carbonyl (C=O) groups excluding carboxylic acids is 1. The zero-order chi connectivity index (χ0) is 13.6. The summed E-state index contributed by atoms with van der Waals surface area (Å²) < 4.78 is 4.35. The predicted molar refractivity (Wildman–Crippen MR) is 65.6 cm³/mol. The van der Waals surface area contributed by atoms with Crippen LogP contribution < -0.4 is 5.48 Å². The molecule has 0 aliphatic carbocycles. The zero-order valence-electron chi connectivity index (χ0n) is 10.8. The van der Waals surface area contributed by atoms with Gasteiger partial charge < -0.3 is 4.74 Å². The molecule has 0 saturated heterocycles. The van der Waals surface area contributed by atoms with E-state index >= 15 is 0 Å². The standard InChI is InChI=1S/C11H16N4O3/c1-11(2,3)18-15-9-8(6-5-7-12-9)13-14-10(16)17-4/h5-7H,1-4H3,(H,12,15). The van der Waals surface area contributed by atoms with E-state index < -0.39 is 6.09 Å². The summed E-state index contributed by atoms with van der Waals surface area (Å²) in [5.74, 6) is 0.375. The van der Waals surface area contributed by atoms with Gasteiger partial charge >= 0.3 is 6.09 Å². The highest BCUT2D eigenvalue weighted by molar-refractivity contribution is 5.68. The van der Waals surface area contributed by atoms with Gasteiger partial charge in [0.15, 0.2) is 5.82 Å². The average molecular weight is 252 g/mol. The topological polar surface area (TPSA) is 85.2 Å². The van der Waals surface area contributed by atoms with Crippen molar-refractivity contribution < 1.29 is 14.4 Å². The maximum absolute atomic E-state index is 10.9. The molecule has 7 heteroatoms. The third kappa shape index (κ3) is 4.88. The molecule has 0 aliphatic rings. The van der Waals surface area contributed by atoms with Crippen molar-refractivity contribution in [1.82, 2.24) is 4.98 Å². The van der Waals surface area contributed by atoms with Crippen LogP contribution in [0, 0.1) is 0 Å². The van der Waals surface area contributed by atoms with Gasteiger partial charge in [-0.05, 0) is 32.9 Å². The van der Waals surface area contributed by atoms with Gasteiger partial charge in [0, 0.05) is 6.20 Å². The van der Waals surface area contributed by atoms with Gasteiger partial charge in [-0.3, -0.25) is 4.84 Å². The lowest BCUT2D eigenvalue weighted by Crippen LogP contribution is -2.23. The van der Waals surface area contributed by atoms with Crippen molar-refractivity contribution in [1.29, 1.82) is 0 Å². The van der Waals surface area contributed by atoms with E-state index in [2.05, 4.69) is 25.4 Å². The SMILES string of the molecule is COC(=O)N=Nc1cccnc1NOC(C)(C)C. The van der Waals surface area contributed by atoms with Gasteiger partial charge in [-0.15, -0.1) is 5.11 Å².